The molecule has 13 rings (SSSR count). The third kappa shape index (κ3) is 10.2. The Morgan fingerprint density at radius 1 is 0.229 bits per heavy atom. The number of fused-ring (bicyclic) bond motifs is 8. The van der Waals surface area contributed by atoms with Gasteiger partial charge in [-0.2, -0.15) is 5.26 Å². The number of nitrogens with zero attached hydrogens (tertiary/aromatic N) is 5. The predicted molar refractivity (Wildman–Crippen MR) is 411 cm³/mol. The van der Waals surface area contributed by atoms with Crippen LogP contribution in [-0.4, -0.2) is 0 Å². The van der Waals surface area contributed by atoms with Crippen molar-refractivity contribution in [3.8, 4) is 6.07 Å². The van der Waals surface area contributed by atoms with Crippen LogP contribution in [0.25, 0.3) is 0 Å². The molecule has 0 saturated heterocycles. The summed E-state index contributed by atoms with van der Waals surface area (Å²) >= 11 is 0. The van der Waals surface area contributed by atoms with E-state index < -0.39 is 21.7 Å². The van der Waals surface area contributed by atoms with Crippen molar-refractivity contribution in [2.45, 2.75) is 235 Å². The summed E-state index contributed by atoms with van der Waals surface area (Å²) in [4.78, 5) is 10.3. The Bertz CT molecular complexity index is 4130. The Morgan fingerprint density at radius 3 is 0.531 bits per heavy atom. The summed E-state index contributed by atoms with van der Waals surface area (Å²) in [6.45, 7) is 56.5. The predicted octanol–water partition coefficient (Wildman–Crippen LogP) is 27.0. The Morgan fingerprint density at radius 2 is 0.385 bits per heavy atom. The highest BCUT2D eigenvalue weighted by Crippen LogP contribution is 2.66. The molecule has 5 heteroatoms. The summed E-state index contributed by atoms with van der Waals surface area (Å²) in [6.07, 6.45) is 0. The van der Waals surface area contributed by atoms with Crippen molar-refractivity contribution in [3.05, 3.63) is 246 Å². The van der Waals surface area contributed by atoms with Crippen molar-refractivity contribution in [2.24, 2.45) is 0 Å². The van der Waals surface area contributed by atoms with E-state index in [9.17, 15) is 5.26 Å². The molecule has 4 heterocycles. The van der Waals surface area contributed by atoms with E-state index in [1.807, 2.05) is 0 Å². The smallest absolute Gasteiger partial charge is 0.104 e. The van der Waals surface area contributed by atoms with Gasteiger partial charge in [0.15, 0.2) is 0 Å². The number of rotatable bonds is 12. The first kappa shape index (κ1) is 66.3. The van der Waals surface area contributed by atoms with Crippen LogP contribution >= 0.6 is 0 Å². The lowest BCUT2D eigenvalue weighted by atomic mass is 9.70. The topological polar surface area (TPSA) is 36.8 Å². The van der Waals surface area contributed by atoms with Crippen LogP contribution in [0.3, 0.4) is 0 Å². The van der Waals surface area contributed by atoms with E-state index in [1.54, 1.807) is 0 Å². The molecule has 9 aromatic carbocycles. The van der Waals surface area contributed by atoms with Crippen LogP contribution < -0.4 is 19.6 Å². The van der Waals surface area contributed by atoms with E-state index in [1.165, 1.54) is 89.0 Å². The molecule has 0 atom stereocenters. The minimum atomic E-state index is -0.419. The zero-order valence-electron chi connectivity index (χ0n) is 62.3. The Kier molecular flexibility index (Phi) is 16.2. The lowest BCUT2D eigenvalue weighted by Gasteiger charge is -2.49. The van der Waals surface area contributed by atoms with Crippen LogP contribution in [0, 0.1) is 11.3 Å². The largest absolute Gasteiger partial charge is 0.308 e. The molecule has 5 nitrogen and oxygen atoms in total. The molecule has 494 valence electrons. The van der Waals surface area contributed by atoms with Gasteiger partial charge < -0.3 is 19.6 Å². The highest BCUT2D eigenvalue weighted by molar-refractivity contribution is 6.09. The van der Waals surface area contributed by atoms with Crippen LogP contribution in [0.15, 0.2) is 152 Å². The number of hydrogen-bond donors (Lipinski definition) is 0. The van der Waals surface area contributed by atoms with E-state index >= 15 is 0 Å². The van der Waals surface area contributed by atoms with Gasteiger partial charge in [-0.1, -0.05) is 263 Å². The fourth-order valence-electron chi connectivity index (χ4n) is 16.5. The van der Waals surface area contributed by atoms with Gasteiger partial charge in [0, 0.05) is 21.7 Å². The van der Waals surface area contributed by atoms with Crippen molar-refractivity contribution >= 4 is 68.2 Å². The summed E-state index contributed by atoms with van der Waals surface area (Å²) in [5.41, 5.74) is 31.7. The minimum Gasteiger partial charge on any atom is -0.308 e. The van der Waals surface area contributed by atoms with E-state index in [2.05, 4.69) is 343 Å². The van der Waals surface area contributed by atoms with Crippen LogP contribution in [0.4, 0.5) is 68.2 Å². The van der Waals surface area contributed by atoms with Crippen molar-refractivity contribution < 1.29 is 0 Å². The SMILES string of the molecule is CC(C)c1ccc2c(c1)C(C)(C)c1cc(C(C)C)ccc1N2c1cc(N2c3ccc(C(C)C)cc3C(C)(C)c3cc(C(C)C)ccc32)c(N2c3ccc(C(C)C)cc3C(C)(C)c3cc(C(C)C)ccc32)c(C#N)c1N1c2ccc(C(C)C)cc2C(C)(C)c2cc(C(C)C)ccc21. The molecule has 0 fully saturated rings. The monoisotopic (exact) mass is 1270 g/mol. The minimum absolute atomic E-state index is 0.291. The molecule has 0 N–H and O–H groups in total. The molecule has 0 amide bonds. The molecule has 96 heavy (non-hydrogen) atoms. The Hall–Kier alpha value is -8.33. The Balaban J connectivity index is 1.32. The van der Waals surface area contributed by atoms with Gasteiger partial charge in [-0.3, -0.25) is 0 Å². The van der Waals surface area contributed by atoms with Gasteiger partial charge in [-0.05, 0) is 191 Å². The van der Waals surface area contributed by atoms with Gasteiger partial charge in [-0.25, -0.2) is 0 Å². The maximum atomic E-state index is 13.7. The average Bonchev–Trinajstić information content (AvgIpc) is 0.672. The van der Waals surface area contributed by atoms with Crippen molar-refractivity contribution in [1.82, 2.24) is 0 Å². The summed E-state index contributed by atoms with van der Waals surface area (Å²) < 4.78 is 0. The lowest BCUT2D eigenvalue weighted by Crippen LogP contribution is -2.36. The highest BCUT2D eigenvalue weighted by Gasteiger charge is 2.48. The first-order valence-corrected chi connectivity index (χ1v) is 36.2. The Labute approximate surface area is 577 Å². The molecule has 9 aromatic rings. The first-order valence-electron chi connectivity index (χ1n) is 36.2. The average molecular weight is 1270 g/mol. The molecule has 0 aliphatic carbocycles. The maximum Gasteiger partial charge on any atom is 0.104 e. The molecular weight excluding hydrogens is 1160 g/mol. The van der Waals surface area contributed by atoms with Crippen LogP contribution in [0.5, 0.6) is 0 Å². The fourth-order valence-corrected chi connectivity index (χ4v) is 16.5. The number of nitriles is 1. The molecule has 0 saturated carbocycles. The van der Waals surface area contributed by atoms with Crippen LogP contribution in [0.1, 0.15) is 308 Å². The van der Waals surface area contributed by atoms with Crippen LogP contribution in [0.2, 0.25) is 0 Å². The van der Waals surface area contributed by atoms with Gasteiger partial charge >= 0.3 is 0 Å². The molecule has 0 radical (unpaired) electrons. The van der Waals surface area contributed by atoms with Gasteiger partial charge in [-0.15, -0.1) is 0 Å². The second-order valence-electron chi connectivity index (χ2n) is 33.4. The van der Waals surface area contributed by atoms with Crippen molar-refractivity contribution in [2.75, 3.05) is 19.6 Å². The molecular formula is C91H105N5. The highest BCUT2D eigenvalue weighted by atomic mass is 15.3. The quantitative estimate of drug-likeness (QED) is 0.122. The van der Waals surface area contributed by atoms with Gasteiger partial charge in [0.1, 0.15) is 11.6 Å². The zero-order chi connectivity index (χ0) is 69.1. The molecule has 0 aromatic heterocycles. The zero-order valence-corrected chi connectivity index (χ0v) is 62.3. The van der Waals surface area contributed by atoms with E-state index in [4.69, 9.17) is 0 Å². The second-order valence-corrected chi connectivity index (χ2v) is 33.4. The molecule has 0 spiro atoms. The summed E-state index contributed by atoms with van der Waals surface area (Å²) in [5.74, 6) is 2.37. The van der Waals surface area contributed by atoms with E-state index in [0.717, 1.165) is 68.2 Å². The molecule has 4 aliphatic heterocycles. The van der Waals surface area contributed by atoms with Crippen molar-refractivity contribution in [1.29, 1.82) is 5.26 Å². The standard InChI is InChI=1S/C91H105N5/c1-51(2)59-25-33-76-68(41-59)88(17,18)69-42-60(52(3)4)26-34-77(69)93(76)84-49-85(94-78-35-27-61(53(5)6)43-70(78)89(19,20)71-44-62(54(7)8)28-36-79(71)94)87(96-82-39-31-65(57(13)14)47-74(82)91(23,24)75-48-66(58(15)16)32-40-83(75)96)67(50-92)86(84)95-80-37-29-63(55(9)10)45-72(80)90(21,22)73-46-64(56(11)12)30-38-81(73)95/h25-49,51-58H,1-24H3. The number of benzene rings is 9. The molecule has 4 aliphatic rings. The third-order valence-electron chi connectivity index (χ3n) is 23.1. The van der Waals surface area contributed by atoms with Crippen molar-refractivity contribution in [3.63, 3.8) is 0 Å². The van der Waals surface area contributed by atoms with Gasteiger partial charge in [0.2, 0.25) is 0 Å². The molecule has 0 bridgehead atoms. The third-order valence-corrected chi connectivity index (χ3v) is 23.1. The first-order chi connectivity index (χ1) is 45.2. The lowest BCUT2D eigenvalue weighted by molar-refractivity contribution is 0.624. The van der Waals surface area contributed by atoms with Crippen LogP contribution in [-0.2, 0) is 21.7 Å². The second kappa shape index (κ2) is 23.5. The molecule has 0 unspecified atom stereocenters. The van der Waals surface area contributed by atoms with Gasteiger partial charge in [0.05, 0.1) is 68.2 Å². The number of anilines is 12. The van der Waals surface area contributed by atoms with E-state index in [-0.39, 0.29) is 0 Å². The normalized spacial score (nSPS) is 16.1. The van der Waals surface area contributed by atoms with Gasteiger partial charge in [0.25, 0.3) is 0 Å². The number of hydrogen-bond acceptors (Lipinski definition) is 5. The summed E-state index contributed by atoms with van der Waals surface area (Å²) in [5, 5.41) is 13.7. The fraction of sp³-hybridized carbons (Fsp3) is 0.396. The summed E-state index contributed by atoms with van der Waals surface area (Å²) in [6, 6.07) is 63.9. The maximum absolute atomic E-state index is 13.7. The van der Waals surface area contributed by atoms with E-state index in [0.29, 0.717) is 52.9 Å². The summed E-state index contributed by atoms with van der Waals surface area (Å²) in [7, 11) is 0.